The number of rotatable bonds is 3. The molecule has 0 spiro atoms. The molecule has 0 radical (unpaired) electrons. The molecule has 1 N–H and O–H groups in total. The van der Waals surface area contributed by atoms with Gasteiger partial charge in [0.1, 0.15) is 11.7 Å². The molecule has 0 saturated carbocycles. The van der Waals surface area contributed by atoms with Crippen molar-refractivity contribution in [2.24, 2.45) is 0 Å². The Hall–Kier alpha value is -2.14. The number of ether oxygens (including phenoxy) is 1. The number of furan rings is 1. The molecule has 2 aromatic heterocycles. The fourth-order valence-corrected chi connectivity index (χ4v) is 1.50. The van der Waals surface area contributed by atoms with Crippen LogP contribution in [0.5, 0.6) is 0 Å². The van der Waals surface area contributed by atoms with E-state index in [2.05, 4.69) is 9.72 Å². The number of methoxy groups -OCH3 is 1. The average molecular weight is 233 g/mol. The number of nitrogens with zero attached hydrogens (tertiary/aromatic N) is 1. The maximum Gasteiger partial charge on any atom is 0.341 e. The first-order valence-corrected chi connectivity index (χ1v) is 4.97. The van der Waals surface area contributed by atoms with Gasteiger partial charge in [0, 0.05) is 18.0 Å². The molecule has 0 saturated heterocycles. The molecule has 0 aliphatic carbocycles. The molecule has 0 aliphatic heterocycles. The highest BCUT2D eigenvalue weighted by Gasteiger charge is 2.22. The largest absolute Gasteiger partial charge is 0.465 e. The maximum absolute atomic E-state index is 11.4. The molecule has 2 rings (SSSR count). The van der Waals surface area contributed by atoms with E-state index in [-0.39, 0.29) is 11.3 Å². The van der Waals surface area contributed by atoms with Gasteiger partial charge in [0.05, 0.1) is 13.4 Å². The van der Waals surface area contributed by atoms with Crippen LogP contribution in [0.25, 0.3) is 0 Å². The van der Waals surface area contributed by atoms with Gasteiger partial charge in [-0.3, -0.25) is 4.98 Å². The molecule has 0 fully saturated rings. The van der Waals surface area contributed by atoms with Gasteiger partial charge in [0.15, 0.2) is 5.76 Å². The van der Waals surface area contributed by atoms with Gasteiger partial charge >= 0.3 is 5.97 Å². The minimum atomic E-state index is -1.03. The fraction of sp³-hybridized carbons (Fsp3) is 0.167. The van der Waals surface area contributed by atoms with Crippen LogP contribution >= 0.6 is 0 Å². The van der Waals surface area contributed by atoms with Crippen LogP contribution in [0.1, 0.15) is 27.8 Å². The third-order valence-corrected chi connectivity index (χ3v) is 2.35. The number of aromatic nitrogens is 1. The topological polar surface area (TPSA) is 72.6 Å². The first-order valence-electron chi connectivity index (χ1n) is 4.97. The second-order valence-corrected chi connectivity index (χ2v) is 3.38. The van der Waals surface area contributed by atoms with Crippen LogP contribution in [-0.2, 0) is 4.74 Å². The van der Waals surface area contributed by atoms with Crippen molar-refractivity contribution in [2.45, 2.75) is 6.10 Å². The molecule has 0 aromatic carbocycles. The minimum absolute atomic E-state index is 0.157. The third-order valence-electron chi connectivity index (χ3n) is 2.35. The lowest BCUT2D eigenvalue weighted by atomic mass is 10.1. The Bertz CT molecular complexity index is 506. The van der Waals surface area contributed by atoms with E-state index >= 15 is 0 Å². The van der Waals surface area contributed by atoms with E-state index in [0.717, 1.165) is 0 Å². The first kappa shape index (κ1) is 11.3. The Kier molecular flexibility index (Phi) is 3.20. The van der Waals surface area contributed by atoms with Crippen LogP contribution in [0, 0.1) is 0 Å². The second kappa shape index (κ2) is 4.80. The van der Waals surface area contributed by atoms with Crippen molar-refractivity contribution in [3.8, 4) is 0 Å². The molecule has 1 unspecified atom stereocenters. The summed E-state index contributed by atoms with van der Waals surface area (Å²) in [5.41, 5.74) is 0.761. The average Bonchev–Trinajstić information content (AvgIpc) is 2.87. The molecule has 88 valence electrons. The number of aliphatic hydroxyl groups excluding tert-OH is 1. The van der Waals surface area contributed by atoms with Crippen molar-refractivity contribution in [2.75, 3.05) is 7.11 Å². The number of hydrogen-bond acceptors (Lipinski definition) is 5. The molecule has 5 heteroatoms. The predicted molar refractivity (Wildman–Crippen MR) is 58.3 cm³/mol. The summed E-state index contributed by atoms with van der Waals surface area (Å²) in [6, 6.07) is 4.85. The van der Waals surface area contributed by atoms with Crippen LogP contribution in [0.15, 0.2) is 41.3 Å². The standard InChI is InChI=1S/C12H11NO4/c1-16-12(15)9-4-6-17-11(9)10(14)8-3-2-5-13-7-8/h2-7,10,14H,1H3. The zero-order valence-corrected chi connectivity index (χ0v) is 9.16. The molecule has 2 heterocycles. The molecular formula is C12H11NO4. The predicted octanol–water partition coefficient (Wildman–Crippen LogP) is 1.54. The van der Waals surface area contributed by atoms with E-state index in [9.17, 15) is 9.90 Å². The zero-order chi connectivity index (χ0) is 12.3. The van der Waals surface area contributed by atoms with E-state index in [4.69, 9.17) is 4.42 Å². The number of carbonyl (C=O) groups excluding carboxylic acids is 1. The van der Waals surface area contributed by atoms with E-state index in [1.54, 1.807) is 18.3 Å². The van der Waals surface area contributed by atoms with Crippen LogP contribution in [0.3, 0.4) is 0 Å². The summed E-state index contributed by atoms with van der Waals surface area (Å²) in [4.78, 5) is 15.3. The van der Waals surface area contributed by atoms with E-state index in [1.165, 1.54) is 25.6 Å². The smallest absolute Gasteiger partial charge is 0.341 e. The molecule has 17 heavy (non-hydrogen) atoms. The molecule has 2 aromatic rings. The highest BCUT2D eigenvalue weighted by molar-refractivity contribution is 5.90. The SMILES string of the molecule is COC(=O)c1ccoc1C(O)c1cccnc1. The molecule has 1 atom stereocenters. The molecule has 0 bridgehead atoms. The summed E-state index contributed by atoms with van der Waals surface area (Å²) >= 11 is 0. The molecule has 0 aliphatic rings. The van der Waals surface area contributed by atoms with Crippen molar-refractivity contribution in [3.63, 3.8) is 0 Å². The van der Waals surface area contributed by atoms with Crippen molar-refractivity contribution in [1.29, 1.82) is 0 Å². The molecule has 0 amide bonds. The normalized spacial score (nSPS) is 12.1. The fourth-order valence-electron chi connectivity index (χ4n) is 1.50. The summed E-state index contributed by atoms with van der Waals surface area (Å²) in [5, 5.41) is 10.1. The number of pyridine rings is 1. The highest BCUT2D eigenvalue weighted by Crippen LogP contribution is 2.25. The number of hydrogen-bond donors (Lipinski definition) is 1. The number of aliphatic hydroxyl groups is 1. The van der Waals surface area contributed by atoms with Gasteiger partial charge in [0.2, 0.25) is 0 Å². The lowest BCUT2D eigenvalue weighted by Crippen LogP contribution is -2.07. The zero-order valence-electron chi connectivity index (χ0n) is 9.16. The second-order valence-electron chi connectivity index (χ2n) is 3.38. The van der Waals surface area contributed by atoms with Gasteiger partial charge in [0.25, 0.3) is 0 Å². The van der Waals surface area contributed by atoms with Crippen molar-refractivity contribution < 1.29 is 19.1 Å². The van der Waals surface area contributed by atoms with Gasteiger partial charge in [-0.2, -0.15) is 0 Å². The molecule has 5 nitrogen and oxygen atoms in total. The Balaban J connectivity index is 2.35. The monoisotopic (exact) mass is 233 g/mol. The maximum atomic E-state index is 11.4. The first-order chi connectivity index (χ1) is 8.24. The van der Waals surface area contributed by atoms with Crippen molar-refractivity contribution >= 4 is 5.97 Å². The van der Waals surface area contributed by atoms with Crippen LogP contribution in [0.2, 0.25) is 0 Å². The summed E-state index contributed by atoms with van der Waals surface area (Å²) in [5.74, 6) is -0.387. The van der Waals surface area contributed by atoms with Crippen LogP contribution in [-0.4, -0.2) is 23.2 Å². The van der Waals surface area contributed by atoms with Gasteiger partial charge in [-0.25, -0.2) is 4.79 Å². The minimum Gasteiger partial charge on any atom is -0.465 e. The van der Waals surface area contributed by atoms with E-state index in [1.807, 2.05) is 0 Å². The van der Waals surface area contributed by atoms with Crippen LogP contribution in [0.4, 0.5) is 0 Å². The van der Waals surface area contributed by atoms with Gasteiger partial charge in [-0.15, -0.1) is 0 Å². The number of esters is 1. The van der Waals surface area contributed by atoms with Gasteiger partial charge in [-0.1, -0.05) is 6.07 Å². The lowest BCUT2D eigenvalue weighted by molar-refractivity contribution is 0.0591. The summed E-state index contributed by atoms with van der Waals surface area (Å²) in [7, 11) is 1.27. The Morgan fingerprint density at radius 3 is 3.00 bits per heavy atom. The van der Waals surface area contributed by atoms with Gasteiger partial charge < -0.3 is 14.3 Å². The Morgan fingerprint density at radius 1 is 1.53 bits per heavy atom. The highest BCUT2D eigenvalue weighted by atomic mass is 16.5. The Labute approximate surface area is 97.7 Å². The summed E-state index contributed by atoms with van der Waals surface area (Å²) in [6.45, 7) is 0. The summed E-state index contributed by atoms with van der Waals surface area (Å²) < 4.78 is 9.72. The summed E-state index contributed by atoms with van der Waals surface area (Å²) in [6.07, 6.45) is 3.41. The Morgan fingerprint density at radius 2 is 2.35 bits per heavy atom. The van der Waals surface area contributed by atoms with Crippen molar-refractivity contribution in [3.05, 3.63) is 53.7 Å². The van der Waals surface area contributed by atoms with Gasteiger partial charge in [-0.05, 0) is 12.1 Å². The number of carbonyl (C=O) groups is 1. The van der Waals surface area contributed by atoms with E-state index in [0.29, 0.717) is 5.56 Å². The third kappa shape index (κ3) is 2.19. The van der Waals surface area contributed by atoms with Crippen LogP contribution < -0.4 is 0 Å². The lowest BCUT2D eigenvalue weighted by Gasteiger charge is -2.09. The quantitative estimate of drug-likeness (QED) is 0.814. The van der Waals surface area contributed by atoms with E-state index < -0.39 is 12.1 Å². The van der Waals surface area contributed by atoms with Crippen molar-refractivity contribution in [1.82, 2.24) is 4.98 Å². The molecular weight excluding hydrogens is 222 g/mol.